The van der Waals surface area contributed by atoms with Gasteiger partial charge in [0.1, 0.15) is 48.4 Å². The third-order valence-corrected chi connectivity index (χ3v) is 14.1. The molecule has 0 saturated carbocycles. The van der Waals surface area contributed by atoms with E-state index in [9.17, 15) is 48.9 Å². The average Bonchev–Trinajstić information content (AvgIpc) is 4.27. The number of esters is 2. The Morgan fingerprint density at radius 3 is 2.04 bits per heavy atom. The number of unbranched alkanes of at least 4 members (excludes halogenated alkanes) is 1. The highest BCUT2D eigenvalue weighted by atomic mass is 35.5. The van der Waals surface area contributed by atoms with Crippen LogP contribution in [0.2, 0.25) is 5.02 Å². The normalized spacial score (nSPS) is 22.4. The lowest BCUT2D eigenvalue weighted by molar-refractivity contribution is -0.283. The van der Waals surface area contributed by atoms with Crippen molar-refractivity contribution in [3.63, 3.8) is 0 Å². The number of rotatable bonds is 30. The van der Waals surface area contributed by atoms with Gasteiger partial charge in [-0.3, -0.25) is 28.8 Å². The molecule has 2 saturated heterocycles. The highest BCUT2D eigenvalue weighted by molar-refractivity contribution is 6.32. The Balaban J connectivity index is 1.29. The number of epoxide rings is 1. The quantitative estimate of drug-likeness (QED) is 0.0308. The van der Waals surface area contributed by atoms with Crippen molar-refractivity contribution in [1.29, 1.82) is 0 Å². The van der Waals surface area contributed by atoms with Gasteiger partial charge in [-0.15, -0.1) is 0 Å². The molecule has 78 heavy (non-hydrogen) atoms. The summed E-state index contributed by atoms with van der Waals surface area (Å²) in [6.07, 6.45) is -8.40. The minimum absolute atomic E-state index is 0.0522. The molecule has 23 heteroatoms. The lowest BCUT2D eigenvalue weighted by Crippen LogP contribution is -2.61. The van der Waals surface area contributed by atoms with Crippen LogP contribution >= 0.6 is 11.6 Å². The van der Waals surface area contributed by atoms with Gasteiger partial charge in [-0.05, 0) is 86.6 Å². The first-order valence-electron chi connectivity index (χ1n) is 26.6. The van der Waals surface area contributed by atoms with Crippen molar-refractivity contribution in [2.24, 2.45) is 28.9 Å². The number of amides is 5. The van der Waals surface area contributed by atoms with Gasteiger partial charge in [-0.1, -0.05) is 83.5 Å². The molecule has 2 aromatic rings. The fourth-order valence-electron chi connectivity index (χ4n) is 8.75. The van der Waals surface area contributed by atoms with E-state index >= 15 is 0 Å². The van der Waals surface area contributed by atoms with Crippen molar-refractivity contribution in [3.05, 3.63) is 64.2 Å². The van der Waals surface area contributed by atoms with Crippen molar-refractivity contribution in [2.75, 3.05) is 27.3 Å². The van der Waals surface area contributed by atoms with Crippen LogP contribution in [0.5, 0.6) is 5.75 Å². The van der Waals surface area contributed by atoms with Crippen LogP contribution in [0.3, 0.4) is 0 Å². The summed E-state index contributed by atoms with van der Waals surface area (Å²) in [4.78, 5) is 92.3. The molecule has 436 valence electrons. The van der Waals surface area contributed by atoms with E-state index in [2.05, 4.69) is 26.6 Å². The molecule has 0 aliphatic carbocycles. The van der Waals surface area contributed by atoms with E-state index in [4.69, 9.17) is 45.8 Å². The Labute approximate surface area is 462 Å². The molecule has 10 N–H and O–H groups in total. The van der Waals surface area contributed by atoms with Crippen molar-refractivity contribution >= 4 is 53.1 Å². The van der Waals surface area contributed by atoms with Crippen molar-refractivity contribution in [3.8, 4) is 5.75 Å². The summed E-state index contributed by atoms with van der Waals surface area (Å²) >= 11 is 6.29. The second-order valence-corrected chi connectivity index (χ2v) is 21.9. The average molecular weight is 1120 g/mol. The fourth-order valence-corrected chi connectivity index (χ4v) is 9.03. The van der Waals surface area contributed by atoms with E-state index < -0.39 is 108 Å². The maximum atomic E-state index is 13.8. The number of methoxy groups -OCH3 is 2. The number of aliphatic hydroxyl groups excluding tert-OH is 3. The Morgan fingerprint density at radius 2 is 1.45 bits per heavy atom. The molecule has 0 unspecified atom stereocenters. The molecule has 2 aliphatic rings. The molecule has 0 aromatic heterocycles. The molecule has 4 rings (SSSR count). The Morgan fingerprint density at radius 1 is 0.795 bits per heavy atom. The summed E-state index contributed by atoms with van der Waals surface area (Å²) in [5.41, 5.74) is 7.12. The predicted octanol–water partition coefficient (Wildman–Crippen LogP) is 2.42. The lowest BCUT2D eigenvalue weighted by atomic mass is 9.93. The molecule has 2 fully saturated rings. The van der Waals surface area contributed by atoms with Crippen molar-refractivity contribution in [2.45, 2.75) is 181 Å². The third kappa shape index (κ3) is 18.8. The van der Waals surface area contributed by atoms with Gasteiger partial charge in [0.05, 0.1) is 29.7 Å². The molecule has 2 aliphatic heterocycles. The SMILES string of the molecule is CC[C@H](OC(=O)[C@H](CC(C)C)OC(=O)C(C)(C)CNC(=O)[C@@H](Cc1ccc(OC)c(Cl)c1)NC(C)=O)[C@H](C)[C@H]1O[C@@H]1c1ccc(CNC(=O)[C@H](CCCCNC(=O)[C@H]2O[C@@H](OC)[C@H](O)[C@@H](O)[C@@H]2O)NC(=O)[C@@H](N)C(C)C)cc1. The minimum Gasteiger partial charge on any atom is -0.495 e. The second kappa shape index (κ2) is 30.2. The van der Waals surface area contributed by atoms with Gasteiger partial charge in [-0.25, -0.2) is 4.79 Å². The number of nitrogens with one attached hydrogen (secondary N) is 5. The maximum Gasteiger partial charge on any atom is 0.347 e. The molecule has 5 amide bonds. The smallest absolute Gasteiger partial charge is 0.347 e. The van der Waals surface area contributed by atoms with E-state index in [0.29, 0.717) is 35.6 Å². The number of carbonyl (C=O) groups excluding carboxylic acids is 7. The van der Waals surface area contributed by atoms with Crippen LogP contribution in [0.15, 0.2) is 42.5 Å². The van der Waals surface area contributed by atoms with Gasteiger partial charge in [0.15, 0.2) is 18.5 Å². The van der Waals surface area contributed by atoms with E-state index in [-0.39, 0.29) is 68.9 Å². The summed E-state index contributed by atoms with van der Waals surface area (Å²) in [5.74, 6) is -4.08. The van der Waals surface area contributed by atoms with Gasteiger partial charge in [0.25, 0.3) is 5.91 Å². The maximum absolute atomic E-state index is 13.8. The molecule has 13 atom stereocenters. The van der Waals surface area contributed by atoms with E-state index in [1.54, 1.807) is 45.9 Å². The van der Waals surface area contributed by atoms with Crippen molar-refractivity contribution < 1.29 is 77.3 Å². The van der Waals surface area contributed by atoms with Gasteiger partial charge < -0.3 is 76.1 Å². The predicted molar refractivity (Wildman–Crippen MR) is 286 cm³/mol. The Kier molecular flexibility index (Phi) is 25.2. The summed E-state index contributed by atoms with van der Waals surface area (Å²) in [6, 6.07) is 9.72. The number of ether oxygens (including phenoxy) is 6. The van der Waals surface area contributed by atoms with Crippen LogP contribution in [0.1, 0.15) is 117 Å². The van der Waals surface area contributed by atoms with E-state index in [1.807, 2.05) is 52.0 Å². The number of benzene rings is 2. The number of aliphatic hydroxyl groups is 3. The second-order valence-electron chi connectivity index (χ2n) is 21.5. The molecule has 2 heterocycles. The summed E-state index contributed by atoms with van der Waals surface area (Å²) in [7, 11) is 2.71. The first-order valence-corrected chi connectivity index (χ1v) is 27.0. The zero-order valence-corrected chi connectivity index (χ0v) is 47.4. The molecule has 22 nitrogen and oxygen atoms in total. The summed E-state index contributed by atoms with van der Waals surface area (Å²) in [5, 5.41) is 44.4. The first kappa shape index (κ1) is 65.1. The standard InChI is InChI=1S/C55H83ClN6O16/c1-12-38(75-52(71)40(23-28(2)3)76-54(72)55(8,9)27-60-49(68)37(61-31(7)63)25-33-18-21-39(73-10)35(56)24-33)30(6)45-46(77-45)34-19-16-32(17-20-34)26-59-48(67)36(62-50(69)41(57)29(4)5)15-13-14-22-58-51(70)47-43(65)42(64)44(66)53(74-11)78-47/h16-21,24,28-30,36-38,40-47,53,64-66H,12-15,22-23,25-27,57H2,1-11H3,(H,58,70)(H,59,67)(H,60,68)(H,61,63)(H,62,69)/t30-,36-,37+,38-,40-,41-,42-,43-,44+,45+,46+,47-,53+/m0/s1. The van der Waals surface area contributed by atoms with Crippen LogP contribution in [0.25, 0.3) is 0 Å². The largest absolute Gasteiger partial charge is 0.495 e. The first-order chi connectivity index (χ1) is 36.7. The van der Waals surface area contributed by atoms with E-state index in [0.717, 1.165) is 11.1 Å². The number of halogens is 1. The van der Waals surface area contributed by atoms with Crippen molar-refractivity contribution in [1.82, 2.24) is 26.6 Å². The fraction of sp³-hybridized carbons (Fsp3) is 0.655. The number of hydrogen-bond donors (Lipinski definition) is 9. The van der Waals surface area contributed by atoms with Crippen LogP contribution in [-0.2, 0) is 70.2 Å². The summed E-state index contributed by atoms with van der Waals surface area (Å²) < 4.78 is 33.5. The zero-order chi connectivity index (χ0) is 58.2. The van der Waals surface area contributed by atoms with Gasteiger partial charge in [0.2, 0.25) is 23.6 Å². The van der Waals surface area contributed by atoms with Gasteiger partial charge in [-0.2, -0.15) is 0 Å². The van der Waals surface area contributed by atoms with Gasteiger partial charge in [0, 0.05) is 46.0 Å². The Hall–Kier alpha value is -5.46. The number of nitrogens with two attached hydrogens (primary N) is 1. The van der Waals surface area contributed by atoms with Crippen LogP contribution in [-0.4, -0.2) is 151 Å². The van der Waals surface area contributed by atoms with Crippen LogP contribution in [0.4, 0.5) is 0 Å². The Bertz CT molecular complexity index is 2340. The lowest BCUT2D eigenvalue weighted by Gasteiger charge is -2.38. The molecule has 2 aromatic carbocycles. The topological polar surface area (TPSA) is 325 Å². The molecular weight excluding hydrogens is 1040 g/mol. The third-order valence-electron chi connectivity index (χ3n) is 13.8. The summed E-state index contributed by atoms with van der Waals surface area (Å²) in [6.45, 7) is 15.7. The number of carbonyl (C=O) groups is 7. The highest BCUT2D eigenvalue weighted by Gasteiger charge is 2.49. The molecule has 0 spiro atoms. The highest BCUT2D eigenvalue weighted by Crippen LogP contribution is 2.45. The zero-order valence-electron chi connectivity index (χ0n) is 46.7. The minimum atomic E-state index is -1.69. The van der Waals surface area contributed by atoms with Crippen LogP contribution in [0, 0.1) is 23.2 Å². The molecule has 0 radical (unpaired) electrons. The monoisotopic (exact) mass is 1120 g/mol. The molecular formula is C55H83ClN6O16. The van der Waals surface area contributed by atoms with Gasteiger partial charge >= 0.3 is 11.9 Å². The molecule has 0 bridgehead atoms. The van der Waals surface area contributed by atoms with E-state index in [1.165, 1.54) is 21.1 Å². The number of hydrogen-bond acceptors (Lipinski definition) is 17. The van der Waals surface area contributed by atoms with Crippen LogP contribution < -0.4 is 37.1 Å².